The van der Waals surface area contributed by atoms with Gasteiger partial charge in [-0.15, -0.1) is 11.8 Å². The summed E-state index contributed by atoms with van der Waals surface area (Å²) < 4.78 is 16.0. The number of ether oxygens (including phenoxy) is 1. The Morgan fingerprint density at radius 2 is 1.45 bits per heavy atom. The van der Waals surface area contributed by atoms with Crippen LogP contribution in [0.5, 0.6) is 0 Å². The Morgan fingerprint density at radius 1 is 0.850 bits per heavy atom. The number of nitrogens with one attached hydrogen (secondary N) is 4. The second-order valence-corrected chi connectivity index (χ2v) is 16.8. The van der Waals surface area contributed by atoms with Gasteiger partial charge in [-0.3, -0.25) is 48.0 Å². The molecular formula is C34H58N9O15PS. The van der Waals surface area contributed by atoms with Gasteiger partial charge in [0, 0.05) is 31.4 Å². The second kappa shape index (κ2) is 28.5. The van der Waals surface area contributed by atoms with Gasteiger partial charge in [-0.05, 0) is 25.7 Å². The molecule has 1 heterocycles. The number of carboxylic acids is 2. The predicted molar refractivity (Wildman–Crippen MR) is 215 cm³/mol. The van der Waals surface area contributed by atoms with Crippen molar-refractivity contribution in [3.05, 3.63) is 0 Å². The van der Waals surface area contributed by atoms with Gasteiger partial charge in [-0.2, -0.15) is 0 Å². The molecule has 1 aliphatic heterocycles. The van der Waals surface area contributed by atoms with E-state index in [0.717, 1.165) is 61.6 Å². The highest BCUT2D eigenvalue weighted by Crippen LogP contribution is 2.35. The van der Waals surface area contributed by atoms with Gasteiger partial charge in [0.15, 0.2) is 5.96 Å². The van der Waals surface area contributed by atoms with Crippen LogP contribution in [-0.2, 0) is 47.7 Å². The SMILES string of the molecule is NC(=O)[C@H](CCCN=C(N)N)NC(=O)CNC(=O)[C@H](CC(=O)O)NC(=O)NC(CSC1CC(=O)N(CCC(=O)OCCCCCCCCCCCP(=O)(O)O)C1=O)C(=O)O. The van der Waals surface area contributed by atoms with E-state index >= 15 is 0 Å². The van der Waals surface area contributed by atoms with E-state index in [-0.39, 0.29) is 57.5 Å². The first-order valence-corrected chi connectivity index (χ1v) is 22.1. The number of nitrogens with zero attached hydrogens (tertiary/aromatic N) is 2. The highest BCUT2D eigenvalue weighted by atomic mass is 32.2. The number of urea groups is 1. The number of hydrogen-bond donors (Lipinski definition) is 11. The number of amides is 7. The van der Waals surface area contributed by atoms with Crippen LogP contribution < -0.4 is 38.5 Å². The van der Waals surface area contributed by atoms with Gasteiger partial charge < -0.3 is 63.2 Å². The number of guanidine groups is 1. The van der Waals surface area contributed by atoms with Crippen molar-refractivity contribution in [2.24, 2.45) is 22.2 Å². The molecule has 0 spiro atoms. The van der Waals surface area contributed by atoms with Crippen LogP contribution in [0.1, 0.15) is 89.9 Å². The maximum Gasteiger partial charge on any atom is 0.327 e. The molecule has 0 saturated carbocycles. The van der Waals surface area contributed by atoms with Crippen LogP contribution in [0.4, 0.5) is 4.79 Å². The molecule has 26 heteroatoms. The molecule has 2 unspecified atom stereocenters. The standard InChI is InChI=1S/C34H58N9O15PS/c35-29(49)21(11-10-13-38-33(36)37)40-25(44)19-39-30(50)22(17-27(46)47)41-34(54)42-23(32(52)53)20-60-24-18-26(45)43(31(24)51)14-12-28(48)58-15-8-6-4-2-1-3-5-7-9-16-59(55,56)57/h21-24H,1-20H2,(H2,35,49)(H,39,50)(H,40,44)(H,46,47)(H,52,53)(H4,36,37,38)(H2,41,42,54)(H2,55,56,57)/t21-,22-,23?,24?/m0/s1. The van der Waals surface area contributed by atoms with E-state index in [1.165, 1.54) is 0 Å². The predicted octanol–water partition coefficient (Wildman–Crippen LogP) is -1.80. The molecule has 24 nitrogen and oxygen atoms in total. The topological polar surface area (TPSA) is 403 Å². The fourth-order valence-electron chi connectivity index (χ4n) is 5.59. The van der Waals surface area contributed by atoms with Gasteiger partial charge >= 0.3 is 31.5 Å². The summed E-state index contributed by atoms with van der Waals surface area (Å²) >= 11 is 0.756. The van der Waals surface area contributed by atoms with Crippen molar-refractivity contribution in [3.8, 4) is 0 Å². The molecule has 4 atom stereocenters. The minimum Gasteiger partial charge on any atom is -0.481 e. The molecule has 1 aliphatic rings. The van der Waals surface area contributed by atoms with Crippen LogP contribution in [0.3, 0.4) is 0 Å². The number of carbonyl (C=O) groups excluding carboxylic acids is 7. The van der Waals surface area contributed by atoms with Crippen molar-refractivity contribution in [3.63, 3.8) is 0 Å². The maximum absolute atomic E-state index is 12.9. The first-order valence-electron chi connectivity index (χ1n) is 19.3. The van der Waals surface area contributed by atoms with Crippen molar-refractivity contribution in [2.45, 2.75) is 113 Å². The summed E-state index contributed by atoms with van der Waals surface area (Å²) in [5.74, 6) is -8.45. The molecule has 0 bridgehead atoms. The molecule has 1 fully saturated rings. The van der Waals surface area contributed by atoms with E-state index in [9.17, 15) is 57.9 Å². The third-order valence-corrected chi connectivity index (χ3v) is 10.9. The molecule has 0 aromatic carbocycles. The number of aliphatic imine (C=N–C) groups is 1. The van der Waals surface area contributed by atoms with Gasteiger partial charge in [0.05, 0.1) is 31.2 Å². The van der Waals surface area contributed by atoms with Gasteiger partial charge in [0.1, 0.15) is 18.1 Å². The smallest absolute Gasteiger partial charge is 0.327 e. The van der Waals surface area contributed by atoms with Crippen molar-refractivity contribution in [1.82, 2.24) is 26.2 Å². The largest absolute Gasteiger partial charge is 0.481 e. The number of esters is 1. The Kier molecular flexibility index (Phi) is 25.2. The zero-order chi connectivity index (χ0) is 45.3. The fraction of sp³-hybridized carbons (Fsp3) is 0.706. The fourth-order valence-corrected chi connectivity index (χ4v) is 7.41. The van der Waals surface area contributed by atoms with E-state index in [1.807, 2.05) is 5.32 Å². The highest BCUT2D eigenvalue weighted by Gasteiger charge is 2.40. The summed E-state index contributed by atoms with van der Waals surface area (Å²) in [7, 11) is -3.93. The lowest BCUT2D eigenvalue weighted by atomic mass is 10.1. The van der Waals surface area contributed by atoms with Crippen LogP contribution >= 0.6 is 19.4 Å². The summed E-state index contributed by atoms with van der Waals surface area (Å²) in [5.41, 5.74) is 15.8. The molecule has 0 aromatic heterocycles. The van der Waals surface area contributed by atoms with Crippen molar-refractivity contribution >= 4 is 78.8 Å². The molecule has 1 saturated heterocycles. The Morgan fingerprint density at radius 3 is 2.02 bits per heavy atom. The lowest BCUT2D eigenvalue weighted by molar-refractivity contribution is -0.146. The first kappa shape index (κ1) is 53.0. The molecule has 0 aromatic rings. The van der Waals surface area contributed by atoms with Gasteiger partial charge in [-0.1, -0.05) is 44.9 Å². The molecule has 14 N–H and O–H groups in total. The average Bonchev–Trinajstić information content (AvgIpc) is 3.42. The third kappa shape index (κ3) is 24.2. The van der Waals surface area contributed by atoms with Crippen LogP contribution in [0.15, 0.2) is 4.99 Å². The molecule has 7 amide bonds. The molecule has 340 valence electrons. The monoisotopic (exact) mass is 895 g/mol. The normalized spacial score (nSPS) is 15.3. The van der Waals surface area contributed by atoms with E-state index < -0.39 is 103 Å². The summed E-state index contributed by atoms with van der Waals surface area (Å²) in [5, 5.41) is 26.4. The lowest BCUT2D eigenvalue weighted by Crippen LogP contribution is -2.55. The number of hydrogen-bond acceptors (Lipinski definition) is 13. The van der Waals surface area contributed by atoms with Crippen molar-refractivity contribution in [1.29, 1.82) is 0 Å². The molecule has 0 radical (unpaired) electrons. The summed E-state index contributed by atoms with van der Waals surface area (Å²) in [4.78, 5) is 133. The number of aliphatic carboxylic acids is 2. The summed E-state index contributed by atoms with van der Waals surface area (Å²) in [6.07, 6.45) is 6.21. The molecule has 1 rings (SSSR count). The van der Waals surface area contributed by atoms with Gasteiger partial charge in [0.2, 0.25) is 29.5 Å². The zero-order valence-corrected chi connectivity index (χ0v) is 34.9. The lowest BCUT2D eigenvalue weighted by Gasteiger charge is -2.21. The number of carboxylic acid groups (broad SMARTS) is 2. The van der Waals surface area contributed by atoms with Crippen LogP contribution in [0.25, 0.3) is 0 Å². The zero-order valence-electron chi connectivity index (χ0n) is 33.2. The maximum atomic E-state index is 12.9. The first-order chi connectivity index (χ1) is 28.2. The minimum atomic E-state index is -3.93. The van der Waals surface area contributed by atoms with E-state index in [2.05, 4.69) is 20.9 Å². The van der Waals surface area contributed by atoms with Crippen LogP contribution in [0, 0.1) is 0 Å². The van der Waals surface area contributed by atoms with E-state index in [4.69, 9.17) is 31.7 Å². The minimum absolute atomic E-state index is 0.0557. The highest BCUT2D eigenvalue weighted by molar-refractivity contribution is 8.00. The number of imide groups is 1. The number of thioether (sulfide) groups is 1. The van der Waals surface area contributed by atoms with Gasteiger partial charge in [0.25, 0.3) is 0 Å². The Labute approximate surface area is 350 Å². The van der Waals surface area contributed by atoms with Crippen LogP contribution in [-0.4, -0.2) is 146 Å². The molecule has 0 aliphatic carbocycles. The summed E-state index contributed by atoms with van der Waals surface area (Å²) in [6.45, 7) is -0.688. The van der Waals surface area contributed by atoms with Crippen molar-refractivity contribution < 1.29 is 72.5 Å². The number of likely N-dealkylation sites (tertiary alicyclic amines) is 1. The van der Waals surface area contributed by atoms with Gasteiger partial charge in [-0.25, -0.2) is 9.59 Å². The Balaban J connectivity index is 2.50. The third-order valence-electron chi connectivity index (χ3n) is 8.71. The summed E-state index contributed by atoms with van der Waals surface area (Å²) in [6, 6.07) is -5.89. The average molecular weight is 896 g/mol. The van der Waals surface area contributed by atoms with Crippen LogP contribution in [0.2, 0.25) is 0 Å². The van der Waals surface area contributed by atoms with E-state index in [1.54, 1.807) is 0 Å². The molecule has 60 heavy (non-hydrogen) atoms. The molecular weight excluding hydrogens is 837 g/mol. The Hall–Kier alpha value is -5.00. The number of nitrogens with two attached hydrogens (primary N) is 3. The number of carbonyl (C=O) groups is 9. The Bertz CT molecular complexity index is 1580. The number of unbranched alkanes of at least 4 members (excludes halogenated alkanes) is 8. The number of rotatable bonds is 32. The van der Waals surface area contributed by atoms with E-state index in [0.29, 0.717) is 12.8 Å². The second-order valence-electron chi connectivity index (χ2n) is 13.8. The quantitative estimate of drug-likeness (QED) is 0.00886. The number of primary amides is 1. The van der Waals surface area contributed by atoms with Crippen molar-refractivity contribution in [2.75, 3.05) is 38.2 Å².